The van der Waals surface area contributed by atoms with Gasteiger partial charge in [0, 0.05) is 25.2 Å². The SMILES string of the molecule is O=C(O)[C@@H]1CCCN(C(=O)[C@@H]2Cc3ccccc3N2)C1. The molecular weight excluding hydrogens is 256 g/mol. The van der Waals surface area contributed by atoms with Gasteiger partial charge in [-0.1, -0.05) is 18.2 Å². The number of aliphatic carboxylic acids is 1. The monoisotopic (exact) mass is 274 g/mol. The van der Waals surface area contributed by atoms with Gasteiger partial charge in [-0.15, -0.1) is 0 Å². The van der Waals surface area contributed by atoms with Crippen molar-refractivity contribution in [3.05, 3.63) is 29.8 Å². The Labute approximate surface area is 117 Å². The van der Waals surface area contributed by atoms with Crippen LogP contribution in [0.4, 0.5) is 5.69 Å². The number of carboxylic acids is 1. The Kier molecular flexibility index (Phi) is 3.34. The van der Waals surface area contributed by atoms with Gasteiger partial charge in [-0.2, -0.15) is 0 Å². The summed E-state index contributed by atoms with van der Waals surface area (Å²) in [4.78, 5) is 25.3. The van der Waals surface area contributed by atoms with Crippen LogP contribution in [0.3, 0.4) is 0 Å². The van der Waals surface area contributed by atoms with Crippen LogP contribution in [0, 0.1) is 5.92 Å². The van der Waals surface area contributed by atoms with Gasteiger partial charge in [-0.3, -0.25) is 9.59 Å². The number of carbonyl (C=O) groups excluding carboxylic acids is 1. The number of carboxylic acid groups (broad SMARTS) is 1. The lowest BCUT2D eigenvalue weighted by Crippen LogP contribution is -2.48. The summed E-state index contributed by atoms with van der Waals surface area (Å²) in [5.74, 6) is -1.20. The van der Waals surface area contributed by atoms with E-state index >= 15 is 0 Å². The lowest BCUT2D eigenvalue weighted by molar-refractivity contribution is -0.145. The van der Waals surface area contributed by atoms with Gasteiger partial charge in [0.1, 0.15) is 6.04 Å². The van der Waals surface area contributed by atoms with Crippen molar-refractivity contribution >= 4 is 17.6 Å². The van der Waals surface area contributed by atoms with Crippen LogP contribution in [0.5, 0.6) is 0 Å². The smallest absolute Gasteiger partial charge is 0.308 e. The lowest BCUT2D eigenvalue weighted by atomic mass is 9.97. The van der Waals surface area contributed by atoms with E-state index in [0.29, 0.717) is 25.9 Å². The molecule has 1 saturated heterocycles. The predicted octanol–water partition coefficient (Wildman–Crippen LogP) is 1.35. The van der Waals surface area contributed by atoms with Crippen molar-refractivity contribution in [1.29, 1.82) is 0 Å². The molecule has 1 amide bonds. The number of benzene rings is 1. The summed E-state index contributed by atoms with van der Waals surface area (Å²) in [6.45, 7) is 1.000. The third kappa shape index (κ3) is 2.35. The summed E-state index contributed by atoms with van der Waals surface area (Å²) >= 11 is 0. The predicted molar refractivity (Wildman–Crippen MR) is 74.5 cm³/mol. The molecule has 106 valence electrons. The molecule has 1 fully saturated rings. The molecule has 2 aliphatic rings. The molecule has 5 heteroatoms. The maximum atomic E-state index is 12.5. The number of nitrogens with zero attached hydrogens (tertiary/aromatic N) is 1. The molecular formula is C15H18N2O3. The van der Waals surface area contributed by atoms with Crippen molar-refractivity contribution in [3.8, 4) is 0 Å². The third-order valence-electron chi connectivity index (χ3n) is 4.15. The zero-order valence-corrected chi connectivity index (χ0v) is 11.2. The molecule has 20 heavy (non-hydrogen) atoms. The summed E-state index contributed by atoms with van der Waals surface area (Å²) in [5.41, 5.74) is 2.16. The molecule has 1 aromatic rings. The van der Waals surface area contributed by atoms with Crippen LogP contribution in [0.15, 0.2) is 24.3 Å². The van der Waals surface area contributed by atoms with E-state index in [9.17, 15) is 9.59 Å². The standard InChI is InChI=1S/C15H18N2O3/c18-14(17-7-3-5-11(9-17)15(19)20)13-8-10-4-1-2-6-12(10)16-13/h1-2,4,6,11,13,16H,3,5,7-9H2,(H,19,20)/t11-,13+/m1/s1. The maximum absolute atomic E-state index is 12.5. The van der Waals surface area contributed by atoms with Gasteiger partial charge in [0.2, 0.25) is 5.91 Å². The molecule has 0 saturated carbocycles. The zero-order valence-electron chi connectivity index (χ0n) is 11.2. The zero-order chi connectivity index (χ0) is 14.1. The molecule has 0 bridgehead atoms. The van der Waals surface area contributed by atoms with Gasteiger partial charge in [0.15, 0.2) is 0 Å². The molecule has 0 spiro atoms. The maximum Gasteiger partial charge on any atom is 0.308 e. The molecule has 2 N–H and O–H groups in total. The molecule has 2 aliphatic heterocycles. The van der Waals surface area contributed by atoms with Crippen LogP contribution in [-0.4, -0.2) is 41.0 Å². The molecule has 2 heterocycles. The van der Waals surface area contributed by atoms with Crippen molar-refractivity contribution in [3.63, 3.8) is 0 Å². The van der Waals surface area contributed by atoms with Crippen LogP contribution < -0.4 is 5.32 Å². The number of nitrogens with one attached hydrogen (secondary N) is 1. The highest BCUT2D eigenvalue weighted by molar-refractivity contribution is 5.88. The molecule has 1 aromatic carbocycles. The van der Waals surface area contributed by atoms with Gasteiger partial charge in [-0.05, 0) is 24.5 Å². The van der Waals surface area contributed by atoms with Crippen molar-refractivity contribution in [2.75, 3.05) is 18.4 Å². The number of fused-ring (bicyclic) bond motifs is 1. The Bertz CT molecular complexity index is 519. The second-order valence-corrected chi connectivity index (χ2v) is 5.52. The fourth-order valence-electron chi connectivity index (χ4n) is 3.05. The molecule has 5 nitrogen and oxygen atoms in total. The fraction of sp³-hybridized carbons (Fsp3) is 0.467. The fourth-order valence-corrected chi connectivity index (χ4v) is 3.05. The number of likely N-dealkylation sites (tertiary alicyclic amines) is 1. The quantitative estimate of drug-likeness (QED) is 0.854. The number of hydrogen-bond donors (Lipinski definition) is 2. The Morgan fingerprint density at radius 2 is 2.10 bits per heavy atom. The number of anilines is 1. The Morgan fingerprint density at radius 3 is 2.85 bits per heavy atom. The van der Waals surface area contributed by atoms with Crippen LogP contribution in [0.1, 0.15) is 18.4 Å². The summed E-state index contributed by atoms with van der Waals surface area (Å²) in [6, 6.07) is 7.65. The molecule has 2 atom stereocenters. The molecule has 0 unspecified atom stereocenters. The van der Waals surface area contributed by atoms with E-state index in [1.54, 1.807) is 4.90 Å². The van der Waals surface area contributed by atoms with Gasteiger partial charge < -0.3 is 15.3 Å². The largest absolute Gasteiger partial charge is 0.481 e. The number of piperidine rings is 1. The Balaban J connectivity index is 1.67. The van der Waals surface area contributed by atoms with Crippen molar-refractivity contribution in [2.24, 2.45) is 5.92 Å². The first-order valence-corrected chi connectivity index (χ1v) is 7.01. The molecule has 3 rings (SSSR count). The van der Waals surface area contributed by atoms with Gasteiger partial charge in [0.05, 0.1) is 5.92 Å². The number of amides is 1. The van der Waals surface area contributed by atoms with Crippen molar-refractivity contribution < 1.29 is 14.7 Å². The van der Waals surface area contributed by atoms with E-state index in [0.717, 1.165) is 17.7 Å². The number of hydrogen-bond acceptors (Lipinski definition) is 3. The number of carbonyl (C=O) groups is 2. The third-order valence-corrected chi connectivity index (χ3v) is 4.15. The highest BCUT2D eigenvalue weighted by atomic mass is 16.4. The summed E-state index contributed by atoms with van der Waals surface area (Å²) < 4.78 is 0. The van der Waals surface area contributed by atoms with Crippen LogP contribution in [0.25, 0.3) is 0 Å². The first-order chi connectivity index (χ1) is 9.65. The highest BCUT2D eigenvalue weighted by Crippen LogP contribution is 2.27. The van der Waals surface area contributed by atoms with E-state index in [1.807, 2.05) is 24.3 Å². The Hall–Kier alpha value is -2.04. The van der Waals surface area contributed by atoms with Crippen LogP contribution in [0.2, 0.25) is 0 Å². The second-order valence-electron chi connectivity index (χ2n) is 5.52. The molecule has 0 radical (unpaired) electrons. The van der Waals surface area contributed by atoms with Crippen LogP contribution in [-0.2, 0) is 16.0 Å². The minimum absolute atomic E-state index is 0.0205. The average Bonchev–Trinajstić information content (AvgIpc) is 2.90. The van der Waals surface area contributed by atoms with E-state index in [2.05, 4.69) is 5.32 Å². The molecule has 0 aliphatic carbocycles. The minimum Gasteiger partial charge on any atom is -0.481 e. The van der Waals surface area contributed by atoms with Crippen molar-refractivity contribution in [2.45, 2.75) is 25.3 Å². The average molecular weight is 274 g/mol. The second kappa shape index (κ2) is 5.15. The van der Waals surface area contributed by atoms with E-state index in [4.69, 9.17) is 5.11 Å². The lowest BCUT2D eigenvalue weighted by Gasteiger charge is -2.32. The summed E-state index contributed by atoms with van der Waals surface area (Å²) in [6.07, 6.45) is 2.11. The topological polar surface area (TPSA) is 69.6 Å². The van der Waals surface area contributed by atoms with Gasteiger partial charge in [-0.25, -0.2) is 0 Å². The van der Waals surface area contributed by atoms with E-state index in [1.165, 1.54) is 0 Å². The number of rotatable bonds is 2. The Morgan fingerprint density at radius 1 is 1.30 bits per heavy atom. The first kappa shape index (κ1) is 13.0. The first-order valence-electron chi connectivity index (χ1n) is 7.01. The minimum atomic E-state index is -0.801. The van der Waals surface area contributed by atoms with E-state index < -0.39 is 11.9 Å². The molecule has 0 aromatic heterocycles. The number of para-hydroxylation sites is 1. The van der Waals surface area contributed by atoms with E-state index in [-0.39, 0.29) is 11.9 Å². The highest BCUT2D eigenvalue weighted by Gasteiger charge is 2.34. The van der Waals surface area contributed by atoms with Crippen molar-refractivity contribution in [1.82, 2.24) is 4.90 Å². The van der Waals surface area contributed by atoms with Gasteiger partial charge >= 0.3 is 5.97 Å². The summed E-state index contributed by atoms with van der Waals surface area (Å²) in [7, 11) is 0. The van der Waals surface area contributed by atoms with Crippen LogP contribution >= 0.6 is 0 Å². The normalized spacial score (nSPS) is 24.9. The van der Waals surface area contributed by atoms with Gasteiger partial charge in [0.25, 0.3) is 0 Å². The summed E-state index contributed by atoms with van der Waals surface area (Å²) in [5, 5.41) is 12.3.